The van der Waals surface area contributed by atoms with E-state index in [1.165, 1.54) is 0 Å². The van der Waals surface area contributed by atoms with Crippen LogP contribution in [-0.4, -0.2) is 16.0 Å². The average molecular weight is 286 g/mol. The van der Waals surface area contributed by atoms with Gasteiger partial charge >= 0.3 is 0 Å². The van der Waals surface area contributed by atoms with Crippen LogP contribution in [0.1, 0.15) is 18.7 Å². The molecular formula is C14H12ClN5. The van der Waals surface area contributed by atoms with Crippen LogP contribution in [0.2, 0.25) is 5.02 Å². The minimum Gasteiger partial charge on any atom is -0.367 e. The Kier molecular flexibility index (Phi) is 3.40. The van der Waals surface area contributed by atoms with Crippen molar-refractivity contribution in [3.63, 3.8) is 0 Å². The Bertz CT molecular complexity index is 658. The summed E-state index contributed by atoms with van der Waals surface area (Å²) in [6, 6.07) is 11.5. The van der Waals surface area contributed by atoms with E-state index in [9.17, 15) is 0 Å². The van der Waals surface area contributed by atoms with E-state index in [2.05, 4.69) is 20.6 Å². The zero-order chi connectivity index (χ0) is 13.9. The maximum absolute atomic E-state index is 8.99. The third-order valence-electron chi connectivity index (χ3n) is 2.87. The summed E-state index contributed by atoms with van der Waals surface area (Å²) < 4.78 is 0. The van der Waals surface area contributed by atoms with Crippen molar-refractivity contribution in [2.75, 3.05) is 10.6 Å². The van der Waals surface area contributed by atoms with Crippen LogP contribution in [0.4, 0.5) is 17.3 Å². The van der Waals surface area contributed by atoms with Crippen molar-refractivity contribution in [2.45, 2.75) is 18.9 Å². The number of nitrogens with one attached hydrogen (secondary N) is 2. The summed E-state index contributed by atoms with van der Waals surface area (Å²) in [6.45, 7) is 0. The van der Waals surface area contributed by atoms with E-state index in [0.717, 1.165) is 18.5 Å². The smallest absolute Gasteiger partial charge is 0.236 e. The molecule has 0 atom stereocenters. The number of nitriles is 1. The number of rotatable bonds is 4. The molecule has 1 fully saturated rings. The van der Waals surface area contributed by atoms with Crippen LogP contribution in [0.3, 0.4) is 0 Å². The van der Waals surface area contributed by atoms with Crippen LogP contribution in [-0.2, 0) is 0 Å². The Morgan fingerprint density at radius 1 is 1.15 bits per heavy atom. The first-order valence-electron chi connectivity index (χ1n) is 6.31. The minimum absolute atomic E-state index is 0.145. The molecule has 1 aliphatic rings. The molecule has 0 aliphatic heterocycles. The van der Waals surface area contributed by atoms with E-state index in [4.69, 9.17) is 16.9 Å². The molecular weight excluding hydrogens is 274 g/mol. The molecule has 3 rings (SSSR count). The van der Waals surface area contributed by atoms with Gasteiger partial charge in [-0.2, -0.15) is 5.26 Å². The first-order chi connectivity index (χ1) is 9.72. The zero-order valence-corrected chi connectivity index (χ0v) is 11.4. The van der Waals surface area contributed by atoms with Gasteiger partial charge in [0.05, 0.1) is 0 Å². The van der Waals surface area contributed by atoms with E-state index in [1.54, 1.807) is 18.2 Å². The maximum atomic E-state index is 8.99. The van der Waals surface area contributed by atoms with Crippen molar-refractivity contribution in [3.8, 4) is 6.07 Å². The third kappa shape index (κ3) is 3.16. The molecule has 1 aromatic carbocycles. The summed E-state index contributed by atoms with van der Waals surface area (Å²) in [5, 5.41) is 16.1. The quantitative estimate of drug-likeness (QED) is 0.901. The molecule has 0 unspecified atom stereocenters. The van der Waals surface area contributed by atoms with Crippen molar-refractivity contribution >= 4 is 28.9 Å². The van der Waals surface area contributed by atoms with E-state index in [-0.39, 0.29) is 5.82 Å². The third-order valence-corrected chi connectivity index (χ3v) is 3.12. The summed E-state index contributed by atoms with van der Waals surface area (Å²) in [5.41, 5.74) is 0.856. The lowest BCUT2D eigenvalue weighted by atomic mass is 10.3. The Labute approximate surface area is 121 Å². The van der Waals surface area contributed by atoms with Gasteiger partial charge in [-0.05, 0) is 37.1 Å². The van der Waals surface area contributed by atoms with Gasteiger partial charge in [-0.1, -0.05) is 11.6 Å². The van der Waals surface area contributed by atoms with E-state index in [1.807, 2.05) is 18.2 Å². The van der Waals surface area contributed by atoms with Gasteiger partial charge in [-0.15, -0.1) is 0 Å². The fourth-order valence-electron chi connectivity index (χ4n) is 1.75. The fourth-order valence-corrected chi connectivity index (χ4v) is 1.88. The second kappa shape index (κ2) is 5.35. The Morgan fingerprint density at radius 2 is 1.85 bits per heavy atom. The van der Waals surface area contributed by atoms with Crippen LogP contribution in [0.5, 0.6) is 0 Å². The lowest BCUT2D eigenvalue weighted by molar-refractivity contribution is 1.06. The van der Waals surface area contributed by atoms with Gasteiger partial charge < -0.3 is 10.6 Å². The second-order valence-corrected chi connectivity index (χ2v) is 5.06. The predicted molar refractivity (Wildman–Crippen MR) is 78.1 cm³/mol. The molecule has 0 amide bonds. The molecule has 1 aliphatic carbocycles. The summed E-state index contributed by atoms with van der Waals surface area (Å²) in [5.74, 6) is 1.41. The Balaban J connectivity index is 1.83. The molecule has 0 bridgehead atoms. The number of nitrogens with zero attached hydrogens (tertiary/aromatic N) is 3. The van der Waals surface area contributed by atoms with Crippen molar-refractivity contribution < 1.29 is 0 Å². The summed E-state index contributed by atoms with van der Waals surface area (Å²) in [6.07, 6.45) is 2.29. The summed E-state index contributed by atoms with van der Waals surface area (Å²) >= 11 is 5.85. The van der Waals surface area contributed by atoms with Gasteiger partial charge in [0.15, 0.2) is 0 Å². The van der Waals surface area contributed by atoms with Crippen molar-refractivity contribution in [3.05, 3.63) is 41.2 Å². The highest BCUT2D eigenvalue weighted by Crippen LogP contribution is 2.25. The molecule has 0 radical (unpaired) electrons. The number of anilines is 3. The molecule has 5 nitrogen and oxygen atoms in total. The Morgan fingerprint density at radius 3 is 2.50 bits per heavy atom. The molecule has 0 spiro atoms. The molecule has 0 saturated heterocycles. The normalized spacial score (nSPS) is 13.6. The predicted octanol–water partition coefficient (Wildman–Crippen LogP) is 3.32. The monoisotopic (exact) mass is 285 g/mol. The largest absolute Gasteiger partial charge is 0.367 e. The van der Waals surface area contributed by atoms with Gasteiger partial charge in [0.25, 0.3) is 0 Å². The molecule has 2 aromatic rings. The van der Waals surface area contributed by atoms with Gasteiger partial charge in [-0.25, -0.2) is 9.97 Å². The maximum Gasteiger partial charge on any atom is 0.236 e. The van der Waals surface area contributed by atoms with Gasteiger partial charge in [0.2, 0.25) is 5.82 Å². The molecule has 100 valence electrons. The summed E-state index contributed by atoms with van der Waals surface area (Å²) in [4.78, 5) is 8.28. The molecule has 1 heterocycles. The number of hydrogen-bond donors (Lipinski definition) is 2. The number of halogens is 1. The molecule has 6 heteroatoms. The van der Waals surface area contributed by atoms with Crippen LogP contribution < -0.4 is 10.6 Å². The minimum atomic E-state index is 0.145. The molecule has 20 heavy (non-hydrogen) atoms. The highest BCUT2D eigenvalue weighted by molar-refractivity contribution is 6.30. The van der Waals surface area contributed by atoms with Crippen LogP contribution >= 0.6 is 11.6 Å². The highest BCUT2D eigenvalue weighted by Gasteiger charge is 2.21. The topological polar surface area (TPSA) is 73.6 Å². The first kappa shape index (κ1) is 12.7. The second-order valence-electron chi connectivity index (χ2n) is 4.62. The first-order valence-corrected chi connectivity index (χ1v) is 6.69. The van der Waals surface area contributed by atoms with Crippen LogP contribution in [0.15, 0.2) is 30.3 Å². The van der Waals surface area contributed by atoms with Gasteiger partial charge in [0, 0.05) is 22.8 Å². The van der Waals surface area contributed by atoms with Crippen molar-refractivity contribution in [2.24, 2.45) is 0 Å². The number of benzene rings is 1. The lowest BCUT2D eigenvalue weighted by Crippen LogP contribution is -2.06. The number of aromatic nitrogens is 2. The fraction of sp³-hybridized carbons (Fsp3) is 0.214. The lowest BCUT2D eigenvalue weighted by Gasteiger charge is -2.09. The highest BCUT2D eigenvalue weighted by atomic mass is 35.5. The average Bonchev–Trinajstić information content (AvgIpc) is 3.25. The van der Waals surface area contributed by atoms with E-state index < -0.39 is 0 Å². The molecule has 1 aromatic heterocycles. The van der Waals surface area contributed by atoms with E-state index in [0.29, 0.717) is 22.7 Å². The summed E-state index contributed by atoms with van der Waals surface area (Å²) in [7, 11) is 0. The van der Waals surface area contributed by atoms with Crippen molar-refractivity contribution in [1.82, 2.24) is 9.97 Å². The molecule has 2 N–H and O–H groups in total. The van der Waals surface area contributed by atoms with Crippen LogP contribution in [0, 0.1) is 11.3 Å². The van der Waals surface area contributed by atoms with Crippen LogP contribution in [0.25, 0.3) is 0 Å². The van der Waals surface area contributed by atoms with Crippen molar-refractivity contribution in [1.29, 1.82) is 5.26 Å². The standard InChI is InChI=1S/C14H12ClN5/c15-9-1-3-10(4-2-9)17-12-7-13(18-11-5-6-11)20-14(8-16)19-12/h1-4,7,11H,5-6H2,(H2,17,18,19,20). The Hall–Kier alpha value is -2.32. The van der Waals surface area contributed by atoms with Gasteiger partial charge in [0.1, 0.15) is 17.7 Å². The number of hydrogen-bond acceptors (Lipinski definition) is 5. The zero-order valence-electron chi connectivity index (χ0n) is 10.6. The van der Waals surface area contributed by atoms with E-state index >= 15 is 0 Å². The van der Waals surface area contributed by atoms with Gasteiger partial charge in [-0.3, -0.25) is 0 Å². The SMILES string of the molecule is N#Cc1nc(Nc2ccc(Cl)cc2)cc(NC2CC2)n1. The molecule has 1 saturated carbocycles.